The first-order chi connectivity index (χ1) is 6.77. The van der Waals surface area contributed by atoms with Gasteiger partial charge in [-0.2, -0.15) is 0 Å². The van der Waals surface area contributed by atoms with Gasteiger partial charge in [-0.15, -0.1) is 0 Å². The van der Waals surface area contributed by atoms with Gasteiger partial charge in [0.05, 0.1) is 6.61 Å². The van der Waals surface area contributed by atoms with Crippen molar-refractivity contribution in [3.63, 3.8) is 0 Å². The maximum atomic E-state index is 9.03. The molecule has 0 saturated heterocycles. The van der Waals surface area contributed by atoms with Gasteiger partial charge in [0.2, 0.25) is 0 Å². The Morgan fingerprint density at radius 3 is 2.79 bits per heavy atom. The van der Waals surface area contributed by atoms with E-state index in [9.17, 15) is 0 Å². The summed E-state index contributed by atoms with van der Waals surface area (Å²) in [7, 11) is 0. The average Bonchev–Trinajstić information content (AvgIpc) is 2.21. The lowest BCUT2D eigenvalue weighted by Gasteiger charge is -2.00. The highest BCUT2D eigenvalue weighted by atomic mass is 79.9. The molecule has 0 aromatic heterocycles. The van der Waals surface area contributed by atoms with Gasteiger partial charge in [-0.05, 0) is 23.8 Å². The minimum atomic E-state index is 0.0363. The van der Waals surface area contributed by atoms with Crippen LogP contribution in [0.2, 0.25) is 0 Å². The molecule has 1 nitrogen and oxygen atoms in total. The molecule has 1 aromatic carbocycles. The van der Waals surface area contributed by atoms with E-state index < -0.39 is 0 Å². The van der Waals surface area contributed by atoms with E-state index >= 15 is 0 Å². The molecule has 1 N–H and O–H groups in total. The van der Waals surface area contributed by atoms with Gasteiger partial charge in [0, 0.05) is 21.8 Å². The second-order valence-corrected chi connectivity index (χ2v) is 4.35. The number of aliphatic hydroxyl groups is 1. The Hall–Kier alpha value is -0.300. The van der Waals surface area contributed by atoms with E-state index in [4.69, 9.17) is 5.11 Å². The molecule has 14 heavy (non-hydrogen) atoms. The molecule has 1 rings (SSSR count). The van der Waals surface area contributed by atoms with Gasteiger partial charge >= 0.3 is 0 Å². The van der Waals surface area contributed by atoms with Gasteiger partial charge in [0.15, 0.2) is 0 Å². The first-order valence-electron chi connectivity index (χ1n) is 4.22. The normalized spacial score (nSPS) is 9.36. The molecule has 0 atom stereocenters. The lowest BCUT2D eigenvalue weighted by atomic mass is 10.1. The molecule has 0 amide bonds. The largest absolute Gasteiger partial charge is 0.392 e. The molecule has 0 unspecified atom stereocenters. The van der Waals surface area contributed by atoms with Crippen LogP contribution in [0.5, 0.6) is 0 Å². The first kappa shape index (κ1) is 11.8. The summed E-state index contributed by atoms with van der Waals surface area (Å²) in [5.41, 5.74) is 1.81. The number of halogens is 2. The van der Waals surface area contributed by atoms with Crippen molar-refractivity contribution in [2.45, 2.75) is 13.0 Å². The van der Waals surface area contributed by atoms with Crippen molar-refractivity contribution in [3.05, 3.63) is 33.8 Å². The van der Waals surface area contributed by atoms with E-state index in [2.05, 4.69) is 43.7 Å². The maximum absolute atomic E-state index is 9.03. The van der Waals surface area contributed by atoms with Gasteiger partial charge in [-0.3, -0.25) is 0 Å². The molecule has 0 fully saturated rings. The quantitative estimate of drug-likeness (QED) is 0.656. The second kappa shape index (κ2) is 6.23. The van der Waals surface area contributed by atoms with Crippen LogP contribution in [0.15, 0.2) is 22.7 Å². The summed E-state index contributed by atoms with van der Waals surface area (Å²) in [6, 6.07) is 5.74. The molecule has 0 spiro atoms. The maximum Gasteiger partial charge on any atom is 0.0693 e. The van der Waals surface area contributed by atoms with Crippen molar-refractivity contribution in [2.75, 3.05) is 5.33 Å². The summed E-state index contributed by atoms with van der Waals surface area (Å²) in [6.45, 7) is 0.0363. The lowest BCUT2D eigenvalue weighted by Crippen LogP contribution is -1.86. The molecule has 0 aliphatic carbocycles. The Labute approximate surface area is 101 Å². The highest BCUT2D eigenvalue weighted by Gasteiger charge is 1.98. The molecule has 0 saturated carbocycles. The summed E-state index contributed by atoms with van der Waals surface area (Å²) < 4.78 is 0.922. The summed E-state index contributed by atoms with van der Waals surface area (Å²) in [5, 5.41) is 9.92. The average molecular weight is 318 g/mol. The van der Waals surface area contributed by atoms with Crippen LogP contribution in [-0.4, -0.2) is 10.4 Å². The number of rotatable bonds is 2. The van der Waals surface area contributed by atoms with Crippen LogP contribution in [-0.2, 0) is 6.61 Å². The van der Waals surface area contributed by atoms with E-state index in [1.807, 2.05) is 18.2 Å². The van der Waals surface area contributed by atoms with Crippen LogP contribution in [0, 0.1) is 11.8 Å². The van der Waals surface area contributed by atoms with E-state index in [0.29, 0.717) is 0 Å². The fourth-order valence-electron chi connectivity index (χ4n) is 0.985. The van der Waals surface area contributed by atoms with Crippen LogP contribution >= 0.6 is 31.9 Å². The van der Waals surface area contributed by atoms with Gasteiger partial charge in [0.1, 0.15) is 0 Å². The van der Waals surface area contributed by atoms with Crippen molar-refractivity contribution in [3.8, 4) is 11.8 Å². The number of hydrogen-bond donors (Lipinski definition) is 1. The minimum absolute atomic E-state index is 0.0363. The zero-order chi connectivity index (χ0) is 10.4. The Morgan fingerprint density at radius 2 is 2.14 bits per heavy atom. The summed E-state index contributed by atoms with van der Waals surface area (Å²) in [5.74, 6) is 6.06. The van der Waals surface area contributed by atoms with Crippen molar-refractivity contribution >= 4 is 31.9 Å². The summed E-state index contributed by atoms with van der Waals surface area (Å²) in [4.78, 5) is 0. The van der Waals surface area contributed by atoms with Gasteiger partial charge in [-0.25, -0.2) is 0 Å². The predicted octanol–water partition coefficient (Wildman–Crippen LogP) is 3.08. The molecule has 74 valence electrons. The zero-order valence-electron chi connectivity index (χ0n) is 7.56. The Morgan fingerprint density at radius 1 is 1.36 bits per heavy atom. The third-order valence-corrected chi connectivity index (χ3v) is 2.84. The van der Waals surface area contributed by atoms with E-state index in [-0.39, 0.29) is 6.61 Å². The number of aliphatic hydroxyl groups excluding tert-OH is 1. The Bertz CT molecular complexity index is 363. The molecule has 1 aromatic rings. The van der Waals surface area contributed by atoms with Gasteiger partial charge in [-0.1, -0.05) is 43.7 Å². The van der Waals surface area contributed by atoms with Crippen LogP contribution in [0.1, 0.15) is 17.5 Å². The molecule has 0 radical (unpaired) electrons. The second-order valence-electron chi connectivity index (χ2n) is 2.71. The van der Waals surface area contributed by atoms with Crippen LogP contribution in [0.3, 0.4) is 0 Å². The molecule has 3 heteroatoms. The summed E-state index contributed by atoms with van der Waals surface area (Å²) >= 11 is 6.67. The molecular formula is C11H10Br2O. The van der Waals surface area contributed by atoms with Crippen molar-refractivity contribution in [1.82, 2.24) is 0 Å². The van der Waals surface area contributed by atoms with Crippen LogP contribution in [0.4, 0.5) is 0 Å². The smallest absolute Gasteiger partial charge is 0.0693 e. The van der Waals surface area contributed by atoms with Crippen LogP contribution in [0.25, 0.3) is 0 Å². The Balaban J connectivity index is 2.86. The molecule has 0 aliphatic heterocycles. The molecule has 0 bridgehead atoms. The lowest BCUT2D eigenvalue weighted by molar-refractivity contribution is 0.281. The predicted molar refractivity (Wildman–Crippen MR) is 65.4 cm³/mol. The van der Waals surface area contributed by atoms with Gasteiger partial charge < -0.3 is 5.11 Å². The van der Waals surface area contributed by atoms with Crippen molar-refractivity contribution in [1.29, 1.82) is 0 Å². The number of hydrogen-bond acceptors (Lipinski definition) is 1. The fraction of sp³-hybridized carbons (Fsp3) is 0.273. The van der Waals surface area contributed by atoms with E-state index in [1.165, 1.54) is 0 Å². The van der Waals surface area contributed by atoms with Gasteiger partial charge in [0.25, 0.3) is 0 Å². The zero-order valence-corrected chi connectivity index (χ0v) is 10.7. The first-order valence-corrected chi connectivity index (χ1v) is 6.13. The Kier molecular flexibility index (Phi) is 5.24. The third kappa shape index (κ3) is 3.45. The van der Waals surface area contributed by atoms with E-state index in [0.717, 1.165) is 27.4 Å². The number of alkyl halides is 1. The standard InChI is InChI=1S/C11H10Br2O/c12-6-2-1-3-9-4-5-11(13)10(7-9)8-14/h4-5,7,14H,2,6,8H2. The van der Waals surface area contributed by atoms with E-state index in [1.54, 1.807) is 0 Å². The SMILES string of the molecule is OCc1cc(C#CCCBr)ccc1Br. The van der Waals surface area contributed by atoms with Crippen molar-refractivity contribution < 1.29 is 5.11 Å². The molecule has 0 heterocycles. The highest BCUT2D eigenvalue weighted by molar-refractivity contribution is 9.10. The van der Waals surface area contributed by atoms with Crippen LogP contribution < -0.4 is 0 Å². The van der Waals surface area contributed by atoms with Crippen molar-refractivity contribution in [2.24, 2.45) is 0 Å². The number of benzene rings is 1. The molecular weight excluding hydrogens is 308 g/mol. The highest BCUT2D eigenvalue weighted by Crippen LogP contribution is 2.17. The monoisotopic (exact) mass is 316 g/mol. The summed E-state index contributed by atoms with van der Waals surface area (Å²) in [6.07, 6.45) is 0.838. The minimum Gasteiger partial charge on any atom is -0.392 e. The topological polar surface area (TPSA) is 20.2 Å². The molecule has 0 aliphatic rings. The third-order valence-electron chi connectivity index (χ3n) is 1.67. The fourth-order valence-corrected chi connectivity index (χ4v) is 1.56.